The third-order valence-electron chi connectivity index (χ3n) is 3.34. The normalized spacial score (nSPS) is 13.1. The first-order chi connectivity index (χ1) is 10.6. The van der Waals surface area contributed by atoms with E-state index in [9.17, 15) is 0 Å². The zero-order valence-corrected chi connectivity index (χ0v) is 14.4. The van der Waals surface area contributed by atoms with Gasteiger partial charge in [0.15, 0.2) is 0 Å². The molecule has 0 fully saturated rings. The van der Waals surface area contributed by atoms with Gasteiger partial charge in [0.2, 0.25) is 4.80 Å². The van der Waals surface area contributed by atoms with E-state index in [1.165, 1.54) is 4.70 Å². The van der Waals surface area contributed by atoms with Crippen molar-refractivity contribution in [2.45, 2.75) is 6.92 Å². The summed E-state index contributed by atoms with van der Waals surface area (Å²) in [5, 5.41) is 9.73. The second-order valence-electron chi connectivity index (χ2n) is 4.83. The molecule has 2 aromatic carbocycles. The van der Waals surface area contributed by atoms with Crippen LogP contribution < -0.4 is 4.80 Å². The third kappa shape index (κ3) is 2.95. The molecule has 1 aromatic heterocycles. The number of fused-ring (bicyclic) bond motifs is 1. The number of para-hydroxylation sites is 1. The zero-order valence-electron chi connectivity index (χ0n) is 12.0. The Morgan fingerprint density at radius 3 is 2.59 bits per heavy atom. The molecule has 3 nitrogen and oxygen atoms in total. The van der Waals surface area contributed by atoms with E-state index in [0.717, 1.165) is 21.6 Å². The van der Waals surface area contributed by atoms with E-state index in [1.807, 2.05) is 36.7 Å². The molecule has 0 aliphatic heterocycles. The Hall–Kier alpha value is -1.62. The number of thiazole rings is 1. The van der Waals surface area contributed by atoms with Gasteiger partial charge in [0.1, 0.15) is 0 Å². The number of aryl methyl sites for hydroxylation is 1. The molecule has 0 saturated carbocycles. The van der Waals surface area contributed by atoms with E-state index in [2.05, 4.69) is 22.3 Å². The SMILES string of the molecule is C/C(=N\N=c1/sc2ccccc2n1C)c1ccc(Cl)c(Cl)c1. The monoisotopic (exact) mass is 349 g/mol. The van der Waals surface area contributed by atoms with Gasteiger partial charge in [0.05, 0.1) is 26.0 Å². The molecule has 0 spiro atoms. The summed E-state index contributed by atoms with van der Waals surface area (Å²) in [4.78, 5) is 0.848. The van der Waals surface area contributed by atoms with Crippen LogP contribution in [0, 0.1) is 0 Å². The van der Waals surface area contributed by atoms with Gasteiger partial charge in [0.25, 0.3) is 0 Å². The van der Waals surface area contributed by atoms with Crippen LogP contribution in [0.3, 0.4) is 0 Å². The largest absolute Gasteiger partial charge is 0.318 e. The smallest absolute Gasteiger partial charge is 0.211 e. The number of hydrogen-bond acceptors (Lipinski definition) is 3. The summed E-state index contributed by atoms with van der Waals surface area (Å²) >= 11 is 13.6. The molecule has 22 heavy (non-hydrogen) atoms. The van der Waals surface area contributed by atoms with Gasteiger partial charge >= 0.3 is 0 Å². The van der Waals surface area contributed by atoms with Crippen LogP contribution in [0.2, 0.25) is 10.0 Å². The van der Waals surface area contributed by atoms with E-state index in [-0.39, 0.29) is 0 Å². The molecule has 1 heterocycles. The number of aromatic nitrogens is 1. The first kappa shape index (κ1) is 15.3. The highest BCUT2D eigenvalue weighted by Gasteiger charge is 2.03. The summed E-state index contributed by atoms with van der Waals surface area (Å²) in [5.41, 5.74) is 2.84. The highest BCUT2D eigenvalue weighted by Crippen LogP contribution is 2.23. The number of rotatable bonds is 2. The predicted octanol–water partition coefficient (Wildman–Crippen LogP) is 4.87. The molecule has 0 unspecified atom stereocenters. The van der Waals surface area contributed by atoms with Crippen LogP contribution >= 0.6 is 34.5 Å². The van der Waals surface area contributed by atoms with Crippen LogP contribution in [0.5, 0.6) is 0 Å². The Bertz CT molecular complexity index is 938. The number of benzene rings is 2. The lowest BCUT2D eigenvalue weighted by molar-refractivity contribution is 0.888. The van der Waals surface area contributed by atoms with Crippen LogP contribution in [0.15, 0.2) is 52.7 Å². The molecule has 0 aliphatic rings. The van der Waals surface area contributed by atoms with Gasteiger partial charge < -0.3 is 4.57 Å². The third-order valence-corrected chi connectivity index (χ3v) is 5.18. The van der Waals surface area contributed by atoms with Crippen molar-refractivity contribution in [3.8, 4) is 0 Å². The molecule has 0 aliphatic carbocycles. The quantitative estimate of drug-likeness (QED) is 0.466. The summed E-state index contributed by atoms with van der Waals surface area (Å²) in [5.74, 6) is 0. The van der Waals surface area contributed by atoms with Gasteiger partial charge in [-0.05, 0) is 36.8 Å². The average Bonchev–Trinajstić information content (AvgIpc) is 2.84. The Labute approximate surface area is 142 Å². The molecule has 0 N–H and O–H groups in total. The number of halogens is 2. The Balaban J connectivity index is 2.03. The first-order valence-corrected chi connectivity index (χ1v) is 8.22. The highest BCUT2D eigenvalue weighted by molar-refractivity contribution is 7.16. The Morgan fingerprint density at radius 1 is 1.09 bits per heavy atom. The fourth-order valence-electron chi connectivity index (χ4n) is 2.07. The molecule has 0 saturated heterocycles. The molecular weight excluding hydrogens is 337 g/mol. The fourth-order valence-corrected chi connectivity index (χ4v) is 3.34. The van der Waals surface area contributed by atoms with Crippen molar-refractivity contribution in [2.24, 2.45) is 17.3 Å². The molecule has 6 heteroatoms. The van der Waals surface area contributed by atoms with Crippen molar-refractivity contribution in [1.29, 1.82) is 0 Å². The van der Waals surface area contributed by atoms with Crippen molar-refractivity contribution in [3.05, 3.63) is 62.9 Å². The number of hydrogen-bond donors (Lipinski definition) is 0. The lowest BCUT2D eigenvalue weighted by atomic mass is 10.1. The van der Waals surface area contributed by atoms with Crippen LogP contribution in [-0.2, 0) is 7.05 Å². The molecule has 112 valence electrons. The molecule has 0 amide bonds. The minimum Gasteiger partial charge on any atom is -0.318 e. The predicted molar refractivity (Wildman–Crippen MR) is 95.0 cm³/mol. The molecule has 0 atom stereocenters. The van der Waals surface area contributed by atoms with Crippen molar-refractivity contribution in [1.82, 2.24) is 4.57 Å². The summed E-state index contributed by atoms with van der Waals surface area (Å²) in [6.45, 7) is 1.90. The van der Waals surface area contributed by atoms with Crippen molar-refractivity contribution in [3.63, 3.8) is 0 Å². The Morgan fingerprint density at radius 2 is 1.86 bits per heavy atom. The van der Waals surface area contributed by atoms with Gasteiger partial charge in [-0.2, -0.15) is 5.10 Å². The second-order valence-corrected chi connectivity index (χ2v) is 6.65. The average molecular weight is 350 g/mol. The van der Waals surface area contributed by atoms with E-state index in [1.54, 1.807) is 23.5 Å². The van der Waals surface area contributed by atoms with E-state index in [4.69, 9.17) is 23.2 Å². The summed E-state index contributed by atoms with van der Waals surface area (Å²) in [7, 11) is 1.99. The summed E-state index contributed by atoms with van der Waals surface area (Å²) < 4.78 is 3.22. The van der Waals surface area contributed by atoms with Gasteiger partial charge in [-0.3, -0.25) is 0 Å². The van der Waals surface area contributed by atoms with Crippen LogP contribution in [0.25, 0.3) is 10.2 Å². The maximum atomic E-state index is 6.03. The summed E-state index contributed by atoms with van der Waals surface area (Å²) in [6.07, 6.45) is 0. The van der Waals surface area contributed by atoms with Crippen molar-refractivity contribution >= 4 is 50.5 Å². The topological polar surface area (TPSA) is 29.6 Å². The first-order valence-electron chi connectivity index (χ1n) is 6.64. The van der Waals surface area contributed by atoms with Crippen molar-refractivity contribution in [2.75, 3.05) is 0 Å². The van der Waals surface area contributed by atoms with Crippen LogP contribution in [0.1, 0.15) is 12.5 Å². The maximum Gasteiger partial charge on any atom is 0.211 e. The van der Waals surface area contributed by atoms with Crippen LogP contribution in [0.4, 0.5) is 0 Å². The minimum absolute atomic E-state index is 0.515. The number of nitrogens with zero attached hydrogens (tertiary/aromatic N) is 3. The van der Waals surface area contributed by atoms with Gasteiger partial charge in [-0.15, -0.1) is 5.10 Å². The Kier molecular flexibility index (Phi) is 4.34. The maximum absolute atomic E-state index is 6.03. The fraction of sp³-hybridized carbons (Fsp3) is 0.125. The van der Waals surface area contributed by atoms with E-state index in [0.29, 0.717) is 10.0 Å². The lowest BCUT2D eigenvalue weighted by Gasteiger charge is -2.00. The van der Waals surface area contributed by atoms with Crippen LogP contribution in [-0.4, -0.2) is 10.3 Å². The lowest BCUT2D eigenvalue weighted by Crippen LogP contribution is -2.09. The highest BCUT2D eigenvalue weighted by atomic mass is 35.5. The van der Waals surface area contributed by atoms with Gasteiger partial charge in [-0.25, -0.2) is 0 Å². The zero-order chi connectivity index (χ0) is 15.7. The standard InChI is InChI=1S/C16H13Cl2N3S/c1-10(11-7-8-12(17)13(18)9-11)19-20-16-21(2)14-5-3-4-6-15(14)22-16/h3-9H,1-2H3/b19-10+,20-16-. The van der Waals surface area contributed by atoms with Gasteiger partial charge in [-0.1, -0.05) is 52.7 Å². The molecule has 3 aromatic rings. The summed E-state index contributed by atoms with van der Waals surface area (Å²) in [6, 6.07) is 13.6. The van der Waals surface area contributed by atoms with Gasteiger partial charge in [0, 0.05) is 7.05 Å². The van der Waals surface area contributed by atoms with E-state index < -0.39 is 0 Å². The molecule has 3 rings (SSSR count). The second kappa shape index (κ2) is 6.24. The minimum atomic E-state index is 0.515. The molecular formula is C16H13Cl2N3S. The molecule has 0 radical (unpaired) electrons. The molecule has 0 bridgehead atoms. The van der Waals surface area contributed by atoms with E-state index >= 15 is 0 Å². The van der Waals surface area contributed by atoms with Crippen molar-refractivity contribution < 1.29 is 0 Å².